The Balaban J connectivity index is 2.05. The molecule has 1 amide bonds. The maximum absolute atomic E-state index is 12.0. The monoisotopic (exact) mass is 250 g/mol. The Kier molecular flexibility index (Phi) is 3.71. The summed E-state index contributed by atoms with van der Waals surface area (Å²) in [5.74, 6) is 0.697. The molecule has 5 heteroatoms. The summed E-state index contributed by atoms with van der Waals surface area (Å²) >= 11 is 0. The molecule has 0 radical (unpaired) electrons. The largest absolute Gasteiger partial charge is 0.343 e. The molecular formula is C13H22N4O. The fourth-order valence-electron chi connectivity index (χ4n) is 2.19. The van der Waals surface area contributed by atoms with Crippen molar-refractivity contribution in [3.8, 4) is 0 Å². The van der Waals surface area contributed by atoms with Crippen LogP contribution in [0.3, 0.4) is 0 Å². The first kappa shape index (κ1) is 13.1. The van der Waals surface area contributed by atoms with Gasteiger partial charge in [-0.1, -0.05) is 13.8 Å². The Morgan fingerprint density at radius 2 is 2.17 bits per heavy atom. The highest BCUT2D eigenvalue weighted by atomic mass is 16.2. The standard InChI is InChI=1S/C13H22N4O/c1-9(2)5-6-17-7-10-11(8-17)14-15-12(10)13(18)16(3)4/h9H,5-8H2,1-4H3,(H,14,15). The molecule has 18 heavy (non-hydrogen) atoms. The van der Waals surface area contributed by atoms with E-state index < -0.39 is 0 Å². The van der Waals surface area contributed by atoms with Gasteiger partial charge in [0.25, 0.3) is 5.91 Å². The minimum Gasteiger partial charge on any atom is -0.343 e. The van der Waals surface area contributed by atoms with Gasteiger partial charge in [-0.05, 0) is 18.9 Å². The average molecular weight is 250 g/mol. The predicted octanol–water partition coefficient (Wildman–Crippen LogP) is 1.47. The van der Waals surface area contributed by atoms with Gasteiger partial charge in [0, 0.05) is 32.7 Å². The first-order chi connectivity index (χ1) is 8.49. The Morgan fingerprint density at radius 3 is 2.78 bits per heavy atom. The molecule has 2 rings (SSSR count). The number of fused-ring (bicyclic) bond motifs is 1. The van der Waals surface area contributed by atoms with Crippen molar-refractivity contribution in [2.24, 2.45) is 5.92 Å². The van der Waals surface area contributed by atoms with E-state index in [4.69, 9.17) is 0 Å². The van der Waals surface area contributed by atoms with E-state index in [9.17, 15) is 4.79 Å². The first-order valence-corrected chi connectivity index (χ1v) is 6.49. The van der Waals surface area contributed by atoms with E-state index in [1.165, 1.54) is 6.42 Å². The number of nitrogens with one attached hydrogen (secondary N) is 1. The number of hydrogen-bond acceptors (Lipinski definition) is 3. The topological polar surface area (TPSA) is 52.2 Å². The van der Waals surface area contributed by atoms with E-state index in [0.29, 0.717) is 11.6 Å². The summed E-state index contributed by atoms with van der Waals surface area (Å²) in [6.45, 7) is 7.27. The number of H-pyrrole nitrogens is 1. The van der Waals surface area contributed by atoms with E-state index >= 15 is 0 Å². The predicted molar refractivity (Wildman–Crippen MR) is 70.2 cm³/mol. The molecule has 2 heterocycles. The molecule has 100 valence electrons. The zero-order valence-corrected chi connectivity index (χ0v) is 11.7. The number of carbonyl (C=O) groups is 1. The van der Waals surface area contributed by atoms with Crippen molar-refractivity contribution in [2.45, 2.75) is 33.4 Å². The molecule has 0 bridgehead atoms. The molecule has 1 aromatic heterocycles. The van der Waals surface area contributed by atoms with Crippen LogP contribution in [0.25, 0.3) is 0 Å². The Bertz CT molecular complexity index is 436. The van der Waals surface area contributed by atoms with Crippen LogP contribution in [-0.2, 0) is 13.1 Å². The lowest BCUT2D eigenvalue weighted by Crippen LogP contribution is -2.24. The lowest BCUT2D eigenvalue weighted by molar-refractivity contribution is 0.0820. The average Bonchev–Trinajstić information content (AvgIpc) is 2.84. The van der Waals surface area contributed by atoms with E-state index in [2.05, 4.69) is 28.9 Å². The van der Waals surface area contributed by atoms with E-state index in [0.717, 1.165) is 30.9 Å². The minimum atomic E-state index is -0.0155. The number of aromatic nitrogens is 2. The molecule has 0 aliphatic carbocycles. The van der Waals surface area contributed by atoms with Crippen LogP contribution in [0.5, 0.6) is 0 Å². The molecule has 0 atom stereocenters. The third-order valence-electron chi connectivity index (χ3n) is 3.35. The molecular weight excluding hydrogens is 228 g/mol. The molecule has 0 saturated carbocycles. The summed E-state index contributed by atoms with van der Waals surface area (Å²) in [6, 6.07) is 0. The highest BCUT2D eigenvalue weighted by Gasteiger charge is 2.28. The van der Waals surface area contributed by atoms with Crippen LogP contribution in [-0.4, -0.2) is 46.5 Å². The normalized spacial score (nSPS) is 15.2. The zero-order valence-electron chi connectivity index (χ0n) is 11.7. The van der Waals surface area contributed by atoms with Gasteiger partial charge in [-0.15, -0.1) is 0 Å². The van der Waals surface area contributed by atoms with Crippen molar-refractivity contribution in [1.82, 2.24) is 20.0 Å². The van der Waals surface area contributed by atoms with Crippen LogP contribution in [0, 0.1) is 5.92 Å². The smallest absolute Gasteiger partial charge is 0.274 e. The minimum absolute atomic E-state index is 0.0155. The third kappa shape index (κ3) is 2.56. The summed E-state index contributed by atoms with van der Waals surface area (Å²) in [5, 5.41) is 7.15. The van der Waals surface area contributed by atoms with Gasteiger partial charge in [0.15, 0.2) is 5.69 Å². The van der Waals surface area contributed by atoms with Crippen molar-refractivity contribution in [3.05, 3.63) is 17.0 Å². The Hall–Kier alpha value is -1.36. The molecule has 1 aliphatic rings. The summed E-state index contributed by atoms with van der Waals surface area (Å²) in [6.07, 6.45) is 1.19. The van der Waals surface area contributed by atoms with E-state index in [-0.39, 0.29) is 5.91 Å². The molecule has 1 aliphatic heterocycles. The fraction of sp³-hybridized carbons (Fsp3) is 0.692. The van der Waals surface area contributed by atoms with Crippen LogP contribution < -0.4 is 0 Å². The van der Waals surface area contributed by atoms with Gasteiger partial charge in [-0.3, -0.25) is 14.8 Å². The molecule has 0 aromatic carbocycles. The molecule has 1 N–H and O–H groups in total. The highest BCUT2D eigenvalue weighted by Crippen LogP contribution is 2.24. The molecule has 0 spiro atoms. The lowest BCUT2D eigenvalue weighted by atomic mass is 10.1. The molecule has 0 unspecified atom stereocenters. The quantitative estimate of drug-likeness (QED) is 0.880. The van der Waals surface area contributed by atoms with Gasteiger partial charge >= 0.3 is 0 Å². The van der Waals surface area contributed by atoms with Gasteiger partial charge < -0.3 is 4.90 Å². The van der Waals surface area contributed by atoms with Gasteiger partial charge in [0.05, 0.1) is 5.69 Å². The summed E-state index contributed by atoms with van der Waals surface area (Å²) < 4.78 is 0. The fourth-order valence-corrected chi connectivity index (χ4v) is 2.19. The van der Waals surface area contributed by atoms with Crippen LogP contribution >= 0.6 is 0 Å². The Labute approximate surface area is 108 Å². The first-order valence-electron chi connectivity index (χ1n) is 6.49. The summed E-state index contributed by atoms with van der Waals surface area (Å²) in [5.41, 5.74) is 2.77. The van der Waals surface area contributed by atoms with Crippen LogP contribution in [0.15, 0.2) is 0 Å². The van der Waals surface area contributed by atoms with Gasteiger partial charge in [-0.2, -0.15) is 5.10 Å². The van der Waals surface area contributed by atoms with Crippen molar-refractivity contribution < 1.29 is 4.79 Å². The number of amides is 1. The molecule has 0 saturated heterocycles. The summed E-state index contributed by atoms with van der Waals surface area (Å²) in [7, 11) is 3.52. The zero-order chi connectivity index (χ0) is 13.3. The third-order valence-corrected chi connectivity index (χ3v) is 3.35. The van der Waals surface area contributed by atoms with Crippen LogP contribution in [0.1, 0.15) is 42.0 Å². The Morgan fingerprint density at radius 1 is 1.44 bits per heavy atom. The number of rotatable bonds is 4. The second kappa shape index (κ2) is 5.10. The van der Waals surface area contributed by atoms with Crippen molar-refractivity contribution >= 4 is 5.91 Å². The molecule has 1 aromatic rings. The second-order valence-corrected chi connectivity index (χ2v) is 5.62. The van der Waals surface area contributed by atoms with Gasteiger partial charge in [-0.25, -0.2) is 0 Å². The SMILES string of the molecule is CC(C)CCN1Cc2[nH]nc(C(=O)N(C)C)c2C1. The van der Waals surface area contributed by atoms with Crippen LogP contribution in [0.4, 0.5) is 0 Å². The lowest BCUT2D eigenvalue weighted by Gasteiger charge is -2.16. The maximum Gasteiger partial charge on any atom is 0.274 e. The number of nitrogens with zero attached hydrogens (tertiary/aromatic N) is 3. The molecule has 5 nitrogen and oxygen atoms in total. The van der Waals surface area contributed by atoms with Crippen LogP contribution in [0.2, 0.25) is 0 Å². The van der Waals surface area contributed by atoms with E-state index in [1.54, 1.807) is 19.0 Å². The highest BCUT2D eigenvalue weighted by molar-refractivity contribution is 5.93. The van der Waals surface area contributed by atoms with Gasteiger partial charge in [0.2, 0.25) is 0 Å². The maximum atomic E-state index is 12.0. The number of aromatic amines is 1. The summed E-state index contributed by atoms with van der Waals surface area (Å²) in [4.78, 5) is 15.9. The van der Waals surface area contributed by atoms with Crippen molar-refractivity contribution in [1.29, 1.82) is 0 Å². The number of carbonyl (C=O) groups excluding carboxylic acids is 1. The van der Waals surface area contributed by atoms with Crippen molar-refractivity contribution in [3.63, 3.8) is 0 Å². The molecule has 0 fully saturated rings. The van der Waals surface area contributed by atoms with Crippen molar-refractivity contribution in [2.75, 3.05) is 20.6 Å². The number of hydrogen-bond donors (Lipinski definition) is 1. The van der Waals surface area contributed by atoms with Gasteiger partial charge in [0.1, 0.15) is 0 Å². The second-order valence-electron chi connectivity index (χ2n) is 5.62. The van der Waals surface area contributed by atoms with E-state index in [1.807, 2.05) is 0 Å².